The van der Waals surface area contributed by atoms with E-state index in [9.17, 15) is 18.0 Å². The van der Waals surface area contributed by atoms with Crippen LogP contribution in [0, 0.1) is 6.92 Å². The Bertz CT molecular complexity index is 921. The third-order valence-corrected chi connectivity index (χ3v) is 5.16. The molecule has 1 amide bonds. The first kappa shape index (κ1) is 19.7. The van der Waals surface area contributed by atoms with E-state index in [1.807, 2.05) is 6.92 Å². The Kier molecular flexibility index (Phi) is 5.82. The second-order valence-corrected chi connectivity index (χ2v) is 8.06. The number of amides is 1. The molecule has 1 N–H and O–H groups in total. The molecule has 1 atom stereocenters. The smallest absolute Gasteiger partial charge is 0.247 e. The Morgan fingerprint density at radius 3 is 2.23 bits per heavy atom. The summed E-state index contributed by atoms with van der Waals surface area (Å²) in [7, 11) is -3.67. The van der Waals surface area contributed by atoms with Crippen LogP contribution in [0.3, 0.4) is 0 Å². The molecule has 0 bridgehead atoms. The third-order valence-electron chi connectivity index (χ3n) is 3.91. The Morgan fingerprint density at radius 1 is 1.08 bits per heavy atom. The number of sulfonamides is 1. The van der Waals surface area contributed by atoms with Gasteiger partial charge in [0.15, 0.2) is 5.78 Å². The van der Waals surface area contributed by atoms with Crippen LogP contribution in [0.25, 0.3) is 0 Å². The van der Waals surface area contributed by atoms with E-state index in [-0.39, 0.29) is 5.78 Å². The number of anilines is 2. The Balaban J connectivity index is 2.29. The molecule has 0 aliphatic heterocycles. The highest BCUT2D eigenvalue weighted by molar-refractivity contribution is 7.92. The van der Waals surface area contributed by atoms with Crippen LogP contribution in [0.2, 0.25) is 0 Å². The lowest BCUT2D eigenvalue weighted by atomic mass is 10.1. The van der Waals surface area contributed by atoms with E-state index in [2.05, 4.69) is 5.32 Å². The maximum atomic E-state index is 12.6. The molecule has 0 saturated heterocycles. The van der Waals surface area contributed by atoms with Gasteiger partial charge in [0.25, 0.3) is 0 Å². The van der Waals surface area contributed by atoms with E-state index < -0.39 is 22.0 Å². The molecule has 0 radical (unpaired) electrons. The van der Waals surface area contributed by atoms with Gasteiger partial charge in [-0.3, -0.25) is 13.9 Å². The summed E-state index contributed by atoms with van der Waals surface area (Å²) in [6, 6.07) is 12.4. The fraction of sp³-hybridized carbons (Fsp3) is 0.263. The first-order valence-electron chi connectivity index (χ1n) is 8.07. The molecule has 7 heteroatoms. The number of ketones is 1. The Hall–Kier alpha value is -2.67. The number of aryl methyl sites for hydroxylation is 1. The molecule has 0 aliphatic carbocycles. The number of nitrogens with zero attached hydrogens (tertiary/aromatic N) is 1. The number of Topliss-reactive ketones (excluding diaryl/α,β-unsaturated/α-hetero) is 1. The van der Waals surface area contributed by atoms with Crippen molar-refractivity contribution in [2.45, 2.75) is 26.8 Å². The molecule has 0 spiro atoms. The Labute approximate surface area is 153 Å². The summed E-state index contributed by atoms with van der Waals surface area (Å²) < 4.78 is 25.6. The predicted octanol–water partition coefficient (Wildman–Crippen LogP) is 2.99. The van der Waals surface area contributed by atoms with Crippen molar-refractivity contribution in [2.75, 3.05) is 15.9 Å². The molecular formula is C19H22N2O4S. The zero-order valence-electron chi connectivity index (χ0n) is 15.2. The molecule has 0 aromatic heterocycles. The van der Waals surface area contributed by atoms with Crippen LogP contribution in [-0.2, 0) is 14.8 Å². The fourth-order valence-corrected chi connectivity index (χ4v) is 3.74. The highest BCUT2D eigenvalue weighted by Crippen LogP contribution is 2.22. The van der Waals surface area contributed by atoms with Crippen LogP contribution in [0.5, 0.6) is 0 Å². The van der Waals surface area contributed by atoms with Gasteiger partial charge in [0, 0.05) is 11.3 Å². The van der Waals surface area contributed by atoms with Crippen molar-refractivity contribution in [1.82, 2.24) is 0 Å². The quantitative estimate of drug-likeness (QED) is 0.788. The molecule has 0 heterocycles. The zero-order valence-corrected chi connectivity index (χ0v) is 16.0. The summed E-state index contributed by atoms with van der Waals surface area (Å²) in [4.78, 5) is 24.1. The van der Waals surface area contributed by atoms with Gasteiger partial charge in [0.05, 0.1) is 11.9 Å². The van der Waals surface area contributed by atoms with Gasteiger partial charge in [-0.1, -0.05) is 29.8 Å². The van der Waals surface area contributed by atoms with Crippen molar-refractivity contribution in [3.63, 3.8) is 0 Å². The van der Waals surface area contributed by atoms with Gasteiger partial charge in [-0.2, -0.15) is 0 Å². The van der Waals surface area contributed by atoms with Crippen LogP contribution in [-0.4, -0.2) is 32.4 Å². The van der Waals surface area contributed by atoms with Gasteiger partial charge in [0.1, 0.15) is 6.04 Å². The first-order valence-corrected chi connectivity index (χ1v) is 9.92. The summed E-state index contributed by atoms with van der Waals surface area (Å²) >= 11 is 0. The summed E-state index contributed by atoms with van der Waals surface area (Å²) in [5.41, 5.74) is 2.31. The number of rotatable bonds is 6. The number of hydrogen-bond donors (Lipinski definition) is 1. The van der Waals surface area contributed by atoms with E-state index >= 15 is 0 Å². The van der Waals surface area contributed by atoms with Gasteiger partial charge in [0.2, 0.25) is 15.9 Å². The minimum absolute atomic E-state index is 0.119. The maximum Gasteiger partial charge on any atom is 0.247 e. The van der Waals surface area contributed by atoms with E-state index in [1.165, 1.54) is 13.8 Å². The Morgan fingerprint density at radius 2 is 1.69 bits per heavy atom. The highest BCUT2D eigenvalue weighted by atomic mass is 32.2. The molecule has 26 heavy (non-hydrogen) atoms. The molecule has 0 saturated carbocycles. The fourth-order valence-electron chi connectivity index (χ4n) is 2.56. The monoisotopic (exact) mass is 374 g/mol. The molecule has 2 aromatic carbocycles. The first-order chi connectivity index (χ1) is 12.1. The molecule has 138 valence electrons. The standard InChI is InChI=1S/C19H22N2O4S/c1-13-8-10-18(11-9-13)21(26(4,24)25)14(2)19(23)20-17-7-5-6-16(12-17)15(3)22/h5-12,14H,1-4H3,(H,20,23)/t14-/m0/s1. The lowest BCUT2D eigenvalue weighted by Gasteiger charge is -2.28. The lowest BCUT2D eigenvalue weighted by molar-refractivity contribution is -0.116. The SMILES string of the molecule is CC(=O)c1cccc(NC(=O)[C@H](C)N(c2ccc(C)cc2)S(C)(=O)=O)c1. The number of carbonyl (C=O) groups excluding carboxylic acids is 2. The minimum Gasteiger partial charge on any atom is -0.324 e. The van der Waals surface area contributed by atoms with Gasteiger partial charge in [-0.25, -0.2) is 8.42 Å². The van der Waals surface area contributed by atoms with Crippen molar-refractivity contribution in [1.29, 1.82) is 0 Å². The average molecular weight is 374 g/mol. The predicted molar refractivity (Wildman–Crippen MR) is 103 cm³/mol. The largest absolute Gasteiger partial charge is 0.324 e. The maximum absolute atomic E-state index is 12.6. The van der Waals surface area contributed by atoms with Crippen molar-refractivity contribution in [3.05, 3.63) is 59.7 Å². The van der Waals surface area contributed by atoms with Crippen LogP contribution >= 0.6 is 0 Å². The normalized spacial score (nSPS) is 12.3. The molecule has 0 aliphatic rings. The van der Waals surface area contributed by atoms with Gasteiger partial charge in [-0.05, 0) is 45.0 Å². The number of hydrogen-bond acceptors (Lipinski definition) is 4. The van der Waals surface area contributed by atoms with Crippen molar-refractivity contribution in [2.24, 2.45) is 0 Å². The summed E-state index contributed by atoms with van der Waals surface area (Å²) in [5, 5.41) is 2.67. The van der Waals surface area contributed by atoms with Gasteiger partial charge in [-0.15, -0.1) is 0 Å². The van der Waals surface area contributed by atoms with Gasteiger partial charge >= 0.3 is 0 Å². The second-order valence-electron chi connectivity index (χ2n) is 6.20. The molecule has 6 nitrogen and oxygen atoms in total. The highest BCUT2D eigenvalue weighted by Gasteiger charge is 2.29. The summed E-state index contributed by atoms with van der Waals surface area (Å²) in [5.74, 6) is -0.608. The third kappa shape index (κ3) is 4.70. The molecule has 0 fully saturated rings. The van der Waals surface area contributed by atoms with Crippen molar-refractivity contribution >= 4 is 33.1 Å². The van der Waals surface area contributed by atoms with E-state index in [1.54, 1.807) is 48.5 Å². The molecule has 0 unspecified atom stereocenters. The van der Waals surface area contributed by atoms with Crippen LogP contribution in [0.1, 0.15) is 29.8 Å². The number of carbonyl (C=O) groups is 2. The minimum atomic E-state index is -3.67. The van der Waals surface area contributed by atoms with E-state index in [4.69, 9.17) is 0 Å². The topological polar surface area (TPSA) is 83.6 Å². The van der Waals surface area contributed by atoms with Crippen molar-refractivity contribution < 1.29 is 18.0 Å². The molecular weight excluding hydrogens is 352 g/mol. The van der Waals surface area contributed by atoms with Crippen molar-refractivity contribution in [3.8, 4) is 0 Å². The zero-order chi connectivity index (χ0) is 19.5. The average Bonchev–Trinajstić information content (AvgIpc) is 2.55. The van der Waals surface area contributed by atoms with E-state index in [0.29, 0.717) is 16.9 Å². The second kappa shape index (κ2) is 7.70. The van der Waals surface area contributed by atoms with Crippen LogP contribution < -0.4 is 9.62 Å². The van der Waals surface area contributed by atoms with Crippen LogP contribution in [0.15, 0.2) is 48.5 Å². The number of benzene rings is 2. The van der Waals surface area contributed by atoms with E-state index in [0.717, 1.165) is 16.1 Å². The molecule has 2 rings (SSSR count). The van der Waals surface area contributed by atoms with Gasteiger partial charge < -0.3 is 5.32 Å². The molecule has 2 aromatic rings. The lowest BCUT2D eigenvalue weighted by Crippen LogP contribution is -2.45. The van der Waals surface area contributed by atoms with Crippen LogP contribution in [0.4, 0.5) is 11.4 Å². The summed E-state index contributed by atoms with van der Waals surface area (Å²) in [6.07, 6.45) is 1.06. The number of nitrogens with one attached hydrogen (secondary N) is 1. The summed E-state index contributed by atoms with van der Waals surface area (Å²) in [6.45, 7) is 4.85.